The number of unbranched alkanes of at least 4 members (excludes halogenated alkanes) is 39. The maximum Gasteiger partial charge on any atom is 0.306 e. The molecule has 6 nitrogen and oxygen atoms in total. The maximum atomic E-state index is 12.8. The molecule has 1 unspecified atom stereocenters. The zero-order valence-corrected chi connectivity index (χ0v) is 46.3. The third-order valence-electron chi connectivity index (χ3n) is 13.6. The van der Waals surface area contributed by atoms with E-state index in [0.717, 1.165) is 89.9 Å². The van der Waals surface area contributed by atoms with Crippen molar-refractivity contribution in [3.05, 3.63) is 36.5 Å². The molecule has 404 valence electrons. The minimum Gasteiger partial charge on any atom is -0.462 e. The van der Waals surface area contributed by atoms with Crippen LogP contribution in [0.1, 0.15) is 329 Å². The van der Waals surface area contributed by atoms with Crippen LogP contribution < -0.4 is 0 Å². The van der Waals surface area contributed by atoms with Crippen molar-refractivity contribution < 1.29 is 28.6 Å². The predicted octanol–water partition coefficient (Wildman–Crippen LogP) is 20.4. The van der Waals surface area contributed by atoms with Gasteiger partial charge in [0.15, 0.2) is 6.10 Å². The van der Waals surface area contributed by atoms with Crippen LogP contribution >= 0.6 is 0 Å². The summed E-state index contributed by atoms with van der Waals surface area (Å²) in [7, 11) is 0. The molecular formula is C63H116O6. The second kappa shape index (κ2) is 58.2. The Labute approximate surface area is 429 Å². The zero-order chi connectivity index (χ0) is 50.0. The van der Waals surface area contributed by atoms with E-state index >= 15 is 0 Å². The largest absolute Gasteiger partial charge is 0.462 e. The fourth-order valence-corrected chi connectivity index (χ4v) is 9.01. The molecular weight excluding hydrogens is 853 g/mol. The van der Waals surface area contributed by atoms with E-state index in [-0.39, 0.29) is 31.1 Å². The number of hydrogen-bond acceptors (Lipinski definition) is 6. The van der Waals surface area contributed by atoms with E-state index in [4.69, 9.17) is 14.2 Å². The number of allylic oxidation sites excluding steroid dienone is 6. The summed E-state index contributed by atoms with van der Waals surface area (Å²) in [5, 5.41) is 0. The monoisotopic (exact) mass is 969 g/mol. The Bertz CT molecular complexity index is 1160. The van der Waals surface area contributed by atoms with Crippen LogP contribution in [0, 0.1) is 0 Å². The number of rotatable bonds is 56. The van der Waals surface area contributed by atoms with Gasteiger partial charge in [-0.3, -0.25) is 14.4 Å². The molecule has 0 aliphatic heterocycles. The van der Waals surface area contributed by atoms with E-state index < -0.39 is 6.10 Å². The average molecular weight is 970 g/mol. The Hall–Kier alpha value is -2.37. The smallest absolute Gasteiger partial charge is 0.306 e. The van der Waals surface area contributed by atoms with Crippen molar-refractivity contribution in [2.75, 3.05) is 13.2 Å². The molecule has 0 spiro atoms. The van der Waals surface area contributed by atoms with Crippen molar-refractivity contribution in [1.82, 2.24) is 0 Å². The summed E-state index contributed by atoms with van der Waals surface area (Å²) in [5.41, 5.74) is 0. The highest BCUT2D eigenvalue weighted by Crippen LogP contribution is 2.17. The first kappa shape index (κ1) is 66.6. The highest BCUT2D eigenvalue weighted by molar-refractivity contribution is 5.71. The third kappa shape index (κ3) is 56.4. The molecule has 0 heterocycles. The van der Waals surface area contributed by atoms with Gasteiger partial charge in [0, 0.05) is 19.3 Å². The third-order valence-corrected chi connectivity index (χ3v) is 13.6. The van der Waals surface area contributed by atoms with Crippen LogP contribution in [0.5, 0.6) is 0 Å². The van der Waals surface area contributed by atoms with E-state index in [1.54, 1.807) is 0 Å². The van der Waals surface area contributed by atoms with Gasteiger partial charge in [0.1, 0.15) is 13.2 Å². The molecule has 0 aromatic carbocycles. The highest BCUT2D eigenvalue weighted by Gasteiger charge is 2.19. The van der Waals surface area contributed by atoms with Crippen LogP contribution in [-0.4, -0.2) is 37.2 Å². The zero-order valence-electron chi connectivity index (χ0n) is 46.3. The van der Waals surface area contributed by atoms with Crippen LogP contribution in [0.25, 0.3) is 0 Å². The van der Waals surface area contributed by atoms with Crippen LogP contribution in [0.15, 0.2) is 36.5 Å². The maximum absolute atomic E-state index is 12.8. The Kier molecular flexibility index (Phi) is 56.2. The van der Waals surface area contributed by atoms with Gasteiger partial charge in [0.2, 0.25) is 0 Å². The summed E-state index contributed by atoms with van der Waals surface area (Å²) in [6, 6.07) is 0. The van der Waals surface area contributed by atoms with Gasteiger partial charge in [-0.2, -0.15) is 0 Å². The molecule has 0 saturated carbocycles. The van der Waals surface area contributed by atoms with Gasteiger partial charge < -0.3 is 14.2 Å². The molecule has 6 heteroatoms. The number of carbonyl (C=O) groups is 3. The van der Waals surface area contributed by atoms with Crippen molar-refractivity contribution in [3.8, 4) is 0 Å². The minimum atomic E-state index is -0.773. The lowest BCUT2D eigenvalue weighted by atomic mass is 10.0. The number of esters is 3. The van der Waals surface area contributed by atoms with E-state index in [1.807, 2.05) is 0 Å². The van der Waals surface area contributed by atoms with E-state index in [9.17, 15) is 14.4 Å². The summed E-state index contributed by atoms with van der Waals surface area (Å²) in [4.78, 5) is 37.9. The molecule has 0 amide bonds. The van der Waals surface area contributed by atoms with Crippen molar-refractivity contribution in [2.45, 2.75) is 335 Å². The topological polar surface area (TPSA) is 78.9 Å². The first-order valence-corrected chi connectivity index (χ1v) is 30.5. The molecule has 1 atom stereocenters. The summed E-state index contributed by atoms with van der Waals surface area (Å²) >= 11 is 0. The molecule has 0 saturated heterocycles. The van der Waals surface area contributed by atoms with Crippen molar-refractivity contribution >= 4 is 17.9 Å². The molecule has 0 N–H and O–H groups in total. The van der Waals surface area contributed by atoms with Crippen molar-refractivity contribution in [3.63, 3.8) is 0 Å². The van der Waals surface area contributed by atoms with Gasteiger partial charge in [0.25, 0.3) is 0 Å². The average Bonchev–Trinajstić information content (AvgIpc) is 3.35. The number of hydrogen-bond donors (Lipinski definition) is 0. The van der Waals surface area contributed by atoms with Gasteiger partial charge in [-0.1, -0.05) is 276 Å². The van der Waals surface area contributed by atoms with Gasteiger partial charge in [-0.15, -0.1) is 0 Å². The number of carbonyl (C=O) groups excluding carboxylic acids is 3. The summed E-state index contributed by atoms with van der Waals surface area (Å²) in [5.74, 6) is -0.881. The SMILES string of the molecule is CCC/C=C\C/C=C\CCCCCCCC(=O)OC(COC(=O)CCCCCCCCC)COC(=O)CCCCCCCCCCCCCCCCCCCCC/C=C\CCCCCCCCCC. The van der Waals surface area contributed by atoms with Crippen LogP contribution in [0.2, 0.25) is 0 Å². The van der Waals surface area contributed by atoms with E-state index in [1.165, 1.54) is 199 Å². The lowest BCUT2D eigenvalue weighted by Crippen LogP contribution is -2.30. The Morgan fingerprint density at radius 3 is 0.870 bits per heavy atom. The lowest BCUT2D eigenvalue weighted by Gasteiger charge is -2.18. The lowest BCUT2D eigenvalue weighted by molar-refractivity contribution is -0.167. The second-order valence-electron chi connectivity index (χ2n) is 20.6. The molecule has 0 bridgehead atoms. The summed E-state index contributed by atoms with van der Waals surface area (Å²) in [6.45, 7) is 6.55. The molecule has 0 aliphatic rings. The van der Waals surface area contributed by atoms with Gasteiger partial charge >= 0.3 is 17.9 Å². The molecule has 0 aromatic heterocycles. The molecule has 0 fully saturated rings. The van der Waals surface area contributed by atoms with E-state index in [0.29, 0.717) is 19.3 Å². The second-order valence-corrected chi connectivity index (χ2v) is 20.6. The molecule has 0 rings (SSSR count). The first-order chi connectivity index (χ1) is 34.0. The summed E-state index contributed by atoms with van der Waals surface area (Å²) in [6.07, 6.45) is 70.5. The molecule has 0 radical (unpaired) electrons. The molecule has 0 aliphatic carbocycles. The number of ether oxygens (including phenoxy) is 3. The van der Waals surface area contributed by atoms with Crippen molar-refractivity contribution in [2.24, 2.45) is 0 Å². The van der Waals surface area contributed by atoms with Crippen molar-refractivity contribution in [1.29, 1.82) is 0 Å². The van der Waals surface area contributed by atoms with Gasteiger partial charge in [0.05, 0.1) is 0 Å². The van der Waals surface area contributed by atoms with Gasteiger partial charge in [-0.25, -0.2) is 0 Å². The standard InChI is InChI=1S/C63H116O6/c1-4-7-10-13-16-18-20-22-23-24-25-26-27-28-29-30-31-32-33-34-35-36-37-38-39-41-42-44-47-50-53-56-62(65)68-59-60(58-67-61(64)55-52-49-46-15-12-9-6-3)69-63(66)57-54-51-48-45-43-40-21-19-17-14-11-8-5-2/h11,14,19,21,24-25,60H,4-10,12-13,15-18,20,22-23,26-59H2,1-3H3/b14-11-,21-19-,25-24-. The Morgan fingerprint density at radius 2 is 0.551 bits per heavy atom. The van der Waals surface area contributed by atoms with Crippen LogP contribution in [0.4, 0.5) is 0 Å². The summed E-state index contributed by atoms with van der Waals surface area (Å²) < 4.78 is 16.8. The van der Waals surface area contributed by atoms with E-state index in [2.05, 4.69) is 57.2 Å². The minimum absolute atomic E-state index is 0.0742. The fraction of sp³-hybridized carbons (Fsp3) is 0.857. The normalized spacial score (nSPS) is 12.2. The van der Waals surface area contributed by atoms with Crippen LogP contribution in [0.3, 0.4) is 0 Å². The highest BCUT2D eigenvalue weighted by atomic mass is 16.6. The Morgan fingerprint density at radius 1 is 0.290 bits per heavy atom. The first-order valence-electron chi connectivity index (χ1n) is 30.5. The van der Waals surface area contributed by atoms with Gasteiger partial charge in [-0.05, 0) is 70.6 Å². The Balaban J connectivity index is 3.96. The molecule has 0 aromatic rings. The molecule has 69 heavy (non-hydrogen) atoms. The van der Waals surface area contributed by atoms with Crippen LogP contribution in [-0.2, 0) is 28.6 Å². The predicted molar refractivity (Wildman–Crippen MR) is 298 cm³/mol. The fourth-order valence-electron chi connectivity index (χ4n) is 9.01. The quantitative estimate of drug-likeness (QED) is 0.0261.